The molecule has 6 nitrogen and oxygen atoms in total. The smallest absolute Gasteiger partial charge is 0.225 e. The zero-order valence-corrected chi connectivity index (χ0v) is 13.3. The molecule has 1 aromatic rings. The number of methoxy groups -OCH3 is 1. The molecule has 0 saturated carbocycles. The summed E-state index contributed by atoms with van der Waals surface area (Å²) in [4.78, 5) is 24.7. The third kappa shape index (κ3) is 4.14. The van der Waals surface area contributed by atoms with Crippen molar-refractivity contribution in [3.8, 4) is 0 Å². The van der Waals surface area contributed by atoms with Gasteiger partial charge in [-0.25, -0.2) is 9.97 Å². The monoisotopic (exact) mass is 292 g/mol. The fourth-order valence-electron chi connectivity index (χ4n) is 2.63. The quantitative estimate of drug-likeness (QED) is 0.779. The predicted molar refractivity (Wildman–Crippen MR) is 81.4 cm³/mol. The molecule has 0 radical (unpaired) electrons. The standard InChI is InChI=1S/C15H24N4O2/c1-11-7-13(17-15(16-11)18(2)3)8-12-9-14(20)19(10-12)5-6-21-4/h7,12H,5-6,8-10H2,1-4H3. The molecule has 21 heavy (non-hydrogen) atoms. The average Bonchev–Trinajstić information content (AvgIpc) is 2.75. The number of carbonyl (C=O) groups excluding carboxylic acids is 1. The topological polar surface area (TPSA) is 58.6 Å². The van der Waals surface area contributed by atoms with Crippen LogP contribution in [0.2, 0.25) is 0 Å². The second-order valence-corrected chi connectivity index (χ2v) is 5.80. The summed E-state index contributed by atoms with van der Waals surface area (Å²) in [6.07, 6.45) is 1.42. The molecule has 0 aliphatic carbocycles. The Bertz CT molecular complexity index is 504. The summed E-state index contributed by atoms with van der Waals surface area (Å²) in [5.74, 6) is 1.28. The highest BCUT2D eigenvalue weighted by molar-refractivity contribution is 5.78. The van der Waals surface area contributed by atoms with E-state index in [4.69, 9.17) is 4.74 Å². The van der Waals surface area contributed by atoms with Crippen molar-refractivity contribution in [2.45, 2.75) is 19.8 Å². The van der Waals surface area contributed by atoms with Gasteiger partial charge in [-0.3, -0.25) is 4.79 Å². The molecule has 0 bridgehead atoms. The number of likely N-dealkylation sites (tertiary alicyclic amines) is 1. The van der Waals surface area contributed by atoms with Gasteiger partial charge in [-0.05, 0) is 25.3 Å². The number of anilines is 1. The molecule has 1 atom stereocenters. The summed E-state index contributed by atoms with van der Waals surface area (Å²) < 4.78 is 5.04. The summed E-state index contributed by atoms with van der Waals surface area (Å²) in [6, 6.07) is 2.01. The van der Waals surface area contributed by atoms with E-state index in [-0.39, 0.29) is 5.91 Å². The maximum Gasteiger partial charge on any atom is 0.225 e. The molecule has 1 fully saturated rings. The van der Waals surface area contributed by atoms with Crippen LogP contribution in [-0.2, 0) is 16.0 Å². The molecule has 1 saturated heterocycles. The Morgan fingerprint density at radius 1 is 1.43 bits per heavy atom. The Balaban J connectivity index is 2.01. The van der Waals surface area contributed by atoms with Gasteiger partial charge in [0.15, 0.2) is 0 Å². The van der Waals surface area contributed by atoms with E-state index in [1.54, 1.807) is 7.11 Å². The van der Waals surface area contributed by atoms with Crippen LogP contribution in [0.3, 0.4) is 0 Å². The maximum atomic E-state index is 12.0. The number of amides is 1. The van der Waals surface area contributed by atoms with Crippen molar-refractivity contribution in [3.63, 3.8) is 0 Å². The minimum absolute atomic E-state index is 0.218. The number of carbonyl (C=O) groups is 1. The largest absolute Gasteiger partial charge is 0.383 e. The Kier molecular flexibility index (Phi) is 5.12. The van der Waals surface area contributed by atoms with Crippen molar-refractivity contribution in [2.24, 2.45) is 5.92 Å². The number of aryl methyl sites for hydroxylation is 1. The van der Waals surface area contributed by atoms with Crippen molar-refractivity contribution in [1.82, 2.24) is 14.9 Å². The van der Waals surface area contributed by atoms with Crippen LogP contribution in [0.25, 0.3) is 0 Å². The van der Waals surface area contributed by atoms with Gasteiger partial charge in [0.25, 0.3) is 0 Å². The van der Waals surface area contributed by atoms with Gasteiger partial charge < -0.3 is 14.5 Å². The molecular weight excluding hydrogens is 268 g/mol. The molecule has 6 heteroatoms. The van der Waals surface area contributed by atoms with Gasteiger partial charge in [0.2, 0.25) is 11.9 Å². The van der Waals surface area contributed by atoms with Crippen LogP contribution in [0.4, 0.5) is 5.95 Å². The van der Waals surface area contributed by atoms with E-state index >= 15 is 0 Å². The Morgan fingerprint density at radius 2 is 2.19 bits per heavy atom. The highest BCUT2D eigenvalue weighted by atomic mass is 16.5. The van der Waals surface area contributed by atoms with Crippen molar-refractivity contribution in [2.75, 3.05) is 45.8 Å². The molecular formula is C15H24N4O2. The lowest BCUT2D eigenvalue weighted by molar-refractivity contribution is -0.128. The number of rotatable bonds is 6. The van der Waals surface area contributed by atoms with Crippen molar-refractivity contribution >= 4 is 11.9 Å². The van der Waals surface area contributed by atoms with Crippen LogP contribution >= 0.6 is 0 Å². The molecule has 2 heterocycles. The van der Waals surface area contributed by atoms with Gasteiger partial charge in [-0.1, -0.05) is 0 Å². The van der Waals surface area contributed by atoms with E-state index in [1.807, 2.05) is 36.9 Å². The summed E-state index contributed by atoms with van der Waals surface area (Å²) in [5, 5.41) is 0. The lowest BCUT2D eigenvalue weighted by atomic mass is 10.0. The van der Waals surface area contributed by atoms with E-state index in [0.29, 0.717) is 25.5 Å². The number of hydrogen-bond donors (Lipinski definition) is 0. The fraction of sp³-hybridized carbons (Fsp3) is 0.667. The summed E-state index contributed by atoms with van der Waals surface area (Å²) >= 11 is 0. The van der Waals surface area contributed by atoms with E-state index in [9.17, 15) is 4.79 Å². The molecule has 2 rings (SSSR count). The van der Waals surface area contributed by atoms with E-state index in [2.05, 4.69) is 9.97 Å². The van der Waals surface area contributed by atoms with Crippen LogP contribution in [0.1, 0.15) is 17.8 Å². The summed E-state index contributed by atoms with van der Waals surface area (Å²) in [6.45, 7) is 4.04. The first-order valence-corrected chi connectivity index (χ1v) is 7.28. The molecule has 116 valence electrons. The molecule has 0 N–H and O–H groups in total. The molecule has 1 aliphatic heterocycles. The number of aromatic nitrogens is 2. The summed E-state index contributed by atoms with van der Waals surface area (Å²) in [5.41, 5.74) is 1.97. The van der Waals surface area contributed by atoms with E-state index in [0.717, 1.165) is 30.3 Å². The minimum atomic E-state index is 0.218. The van der Waals surface area contributed by atoms with Gasteiger partial charge in [-0.15, -0.1) is 0 Å². The van der Waals surface area contributed by atoms with Crippen molar-refractivity contribution in [1.29, 1.82) is 0 Å². The number of ether oxygens (including phenoxy) is 1. The van der Waals surface area contributed by atoms with Crippen LogP contribution in [-0.4, -0.2) is 61.7 Å². The van der Waals surface area contributed by atoms with Crippen LogP contribution in [0.15, 0.2) is 6.07 Å². The van der Waals surface area contributed by atoms with E-state index in [1.165, 1.54) is 0 Å². The zero-order chi connectivity index (χ0) is 15.4. The van der Waals surface area contributed by atoms with Gasteiger partial charge in [0, 0.05) is 52.1 Å². The highest BCUT2D eigenvalue weighted by Crippen LogP contribution is 2.22. The average molecular weight is 292 g/mol. The lowest BCUT2D eigenvalue weighted by Crippen LogP contribution is -2.29. The fourth-order valence-corrected chi connectivity index (χ4v) is 2.63. The maximum absolute atomic E-state index is 12.0. The molecule has 0 spiro atoms. The first kappa shape index (κ1) is 15.7. The summed E-state index contributed by atoms with van der Waals surface area (Å²) in [7, 11) is 5.53. The molecule has 1 aliphatic rings. The van der Waals surface area contributed by atoms with Crippen LogP contribution < -0.4 is 4.90 Å². The second-order valence-electron chi connectivity index (χ2n) is 5.80. The number of hydrogen-bond acceptors (Lipinski definition) is 5. The minimum Gasteiger partial charge on any atom is -0.383 e. The number of nitrogens with zero attached hydrogens (tertiary/aromatic N) is 4. The highest BCUT2D eigenvalue weighted by Gasteiger charge is 2.29. The van der Waals surface area contributed by atoms with Gasteiger partial charge in [-0.2, -0.15) is 0 Å². The van der Waals surface area contributed by atoms with Crippen molar-refractivity contribution in [3.05, 3.63) is 17.5 Å². The molecule has 0 aromatic carbocycles. The van der Waals surface area contributed by atoms with Crippen molar-refractivity contribution < 1.29 is 9.53 Å². The third-order valence-corrected chi connectivity index (χ3v) is 3.65. The molecule has 1 amide bonds. The first-order chi connectivity index (χ1) is 9.99. The van der Waals surface area contributed by atoms with Crippen LogP contribution in [0.5, 0.6) is 0 Å². The van der Waals surface area contributed by atoms with Gasteiger partial charge in [0.05, 0.1) is 6.61 Å². The zero-order valence-electron chi connectivity index (χ0n) is 13.3. The van der Waals surface area contributed by atoms with E-state index < -0.39 is 0 Å². The molecule has 1 unspecified atom stereocenters. The Morgan fingerprint density at radius 3 is 2.86 bits per heavy atom. The first-order valence-electron chi connectivity index (χ1n) is 7.28. The Labute approximate surface area is 126 Å². The predicted octanol–water partition coefficient (Wildman–Crippen LogP) is 0.888. The van der Waals surface area contributed by atoms with Gasteiger partial charge >= 0.3 is 0 Å². The second kappa shape index (κ2) is 6.85. The van der Waals surface area contributed by atoms with Crippen LogP contribution in [0, 0.1) is 12.8 Å². The SMILES string of the molecule is COCCN1CC(Cc2cc(C)nc(N(C)C)n2)CC1=O. The molecule has 1 aromatic heterocycles. The lowest BCUT2D eigenvalue weighted by Gasteiger charge is -2.16. The Hall–Kier alpha value is -1.69. The normalized spacial score (nSPS) is 18.4. The van der Waals surface area contributed by atoms with Gasteiger partial charge in [0.1, 0.15) is 0 Å². The third-order valence-electron chi connectivity index (χ3n) is 3.65.